The smallest absolute Gasteiger partial charge is 0.195 e. The molecule has 2 aromatic rings. The molecule has 1 aromatic carbocycles. The van der Waals surface area contributed by atoms with Crippen LogP contribution in [0.1, 0.15) is 26.7 Å². The Labute approximate surface area is 118 Å². The van der Waals surface area contributed by atoms with Gasteiger partial charge in [-0.25, -0.2) is 4.98 Å². The van der Waals surface area contributed by atoms with Crippen molar-refractivity contribution >= 4 is 16.8 Å². The van der Waals surface area contributed by atoms with Crippen LogP contribution in [0.25, 0.3) is 11.1 Å². The van der Waals surface area contributed by atoms with Crippen molar-refractivity contribution in [2.75, 3.05) is 18.5 Å². The molecule has 0 amide bonds. The van der Waals surface area contributed by atoms with E-state index < -0.39 is 5.79 Å². The summed E-state index contributed by atoms with van der Waals surface area (Å²) in [5.41, 5.74) is 2.71. The molecule has 1 aliphatic rings. The lowest BCUT2D eigenvalue weighted by Gasteiger charge is -2.35. The third kappa shape index (κ3) is 2.78. The lowest BCUT2D eigenvalue weighted by molar-refractivity contribution is -0.247. The van der Waals surface area contributed by atoms with Gasteiger partial charge in [-0.05, 0) is 32.0 Å². The summed E-state index contributed by atoms with van der Waals surface area (Å²) in [6.07, 6.45) is 0.802. The van der Waals surface area contributed by atoms with Crippen LogP contribution >= 0.6 is 0 Å². The summed E-state index contributed by atoms with van der Waals surface area (Å²) in [5, 5.41) is 3.41. The second-order valence-electron chi connectivity index (χ2n) is 5.51. The van der Waals surface area contributed by atoms with Crippen molar-refractivity contribution in [2.24, 2.45) is 0 Å². The average molecular weight is 276 g/mol. The number of aromatic nitrogens is 1. The molecule has 108 valence electrons. The highest BCUT2D eigenvalue weighted by Crippen LogP contribution is 2.23. The third-order valence-electron chi connectivity index (χ3n) is 3.37. The van der Waals surface area contributed by atoms with Crippen LogP contribution in [-0.2, 0) is 15.9 Å². The lowest BCUT2D eigenvalue weighted by Crippen LogP contribution is -2.45. The molecule has 2 heterocycles. The van der Waals surface area contributed by atoms with Crippen LogP contribution < -0.4 is 5.32 Å². The van der Waals surface area contributed by atoms with Gasteiger partial charge in [-0.15, -0.1) is 0 Å². The Morgan fingerprint density at radius 3 is 2.75 bits per heavy atom. The van der Waals surface area contributed by atoms with E-state index in [1.165, 1.54) is 0 Å². The van der Waals surface area contributed by atoms with Gasteiger partial charge >= 0.3 is 0 Å². The maximum absolute atomic E-state index is 5.64. The van der Waals surface area contributed by atoms with Crippen molar-refractivity contribution in [3.63, 3.8) is 0 Å². The Balaban J connectivity index is 1.71. The van der Waals surface area contributed by atoms with E-state index in [9.17, 15) is 0 Å². The van der Waals surface area contributed by atoms with Crippen molar-refractivity contribution in [1.82, 2.24) is 4.98 Å². The van der Waals surface area contributed by atoms with E-state index in [1.54, 1.807) is 0 Å². The van der Waals surface area contributed by atoms with E-state index in [1.807, 2.05) is 39.0 Å². The summed E-state index contributed by atoms with van der Waals surface area (Å²) >= 11 is 0. The summed E-state index contributed by atoms with van der Waals surface area (Å²) in [7, 11) is 0. The summed E-state index contributed by atoms with van der Waals surface area (Å²) in [5.74, 6) is 0.285. The first-order valence-electron chi connectivity index (χ1n) is 6.99. The molecule has 0 bridgehead atoms. The molecule has 3 rings (SSSR count). The number of anilines is 1. The second kappa shape index (κ2) is 5.07. The highest BCUT2D eigenvalue weighted by atomic mass is 16.7. The first kappa shape index (κ1) is 13.4. The second-order valence-corrected chi connectivity index (χ2v) is 5.51. The SMILES string of the molecule is CCc1nc2cc(NC3COC(C)(C)OC3)ccc2o1. The normalized spacial score (nSPS) is 19.4. The number of aryl methyl sites for hydroxylation is 1. The lowest BCUT2D eigenvalue weighted by atomic mass is 10.2. The fourth-order valence-corrected chi connectivity index (χ4v) is 2.23. The van der Waals surface area contributed by atoms with Crippen LogP contribution in [0.3, 0.4) is 0 Å². The molecule has 20 heavy (non-hydrogen) atoms. The monoisotopic (exact) mass is 276 g/mol. The van der Waals surface area contributed by atoms with Crippen molar-refractivity contribution in [3.8, 4) is 0 Å². The Morgan fingerprint density at radius 1 is 1.30 bits per heavy atom. The largest absolute Gasteiger partial charge is 0.441 e. The minimum Gasteiger partial charge on any atom is -0.441 e. The summed E-state index contributed by atoms with van der Waals surface area (Å²) in [6.45, 7) is 7.14. The minimum atomic E-state index is -0.482. The number of oxazole rings is 1. The Bertz CT molecular complexity index is 596. The number of hydrogen-bond donors (Lipinski definition) is 1. The van der Waals surface area contributed by atoms with Gasteiger partial charge in [0.15, 0.2) is 17.3 Å². The Hall–Kier alpha value is -1.59. The van der Waals surface area contributed by atoms with Gasteiger partial charge in [0, 0.05) is 12.1 Å². The minimum absolute atomic E-state index is 0.151. The zero-order chi connectivity index (χ0) is 14.2. The van der Waals surface area contributed by atoms with E-state index in [0.29, 0.717) is 13.2 Å². The molecule has 5 heteroatoms. The molecule has 0 aliphatic carbocycles. The van der Waals surface area contributed by atoms with E-state index in [0.717, 1.165) is 29.1 Å². The van der Waals surface area contributed by atoms with Crippen LogP contribution in [0.2, 0.25) is 0 Å². The van der Waals surface area contributed by atoms with Crippen molar-refractivity contribution in [2.45, 2.75) is 39.0 Å². The quantitative estimate of drug-likeness (QED) is 0.934. The number of ether oxygens (including phenoxy) is 2. The first-order chi connectivity index (χ1) is 9.55. The van der Waals surface area contributed by atoms with Gasteiger partial charge in [0.25, 0.3) is 0 Å². The van der Waals surface area contributed by atoms with Gasteiger partial charge in [-0.3, -0.25) is 0 Å². The highest BCUT2D eigenvalue weighted by Gasteiger charge is 2.28. The molecule has 0 radical (unpaired) electrons. The number of hydrogen-bond acceptors (Lipinski definition) is 5. The number of benzene rings is 1. The number of rotatable bonds is 3. The zero-order valence-corrected chi connectivity index (χ0v) is 12.1. The van der Waals surface area contributed by atoms with E-state index >= 15 is 0 Å². The Kier molecular flexibility index (Phi) is 3.40. The molecular weight excluding hydrogens is 256 g/mol. The van der Waals surface area contributed by atoms with Crippen molar-refractivity contribution in [1.29, 1.82) is 0 Å². The highest BCUT2D eigenvalue weighted by molar-refractivity contribution is 5.77. The maximum atomic E-state index is 5.64. The number of nitrogens with zero attached hydrogens (tertiary/aromatic N) is 1. The molecule has 1 aliphatic heterocycles. The zero-order valence-electron chi connectivity index (χ0n) is 12.1. The van der Waals surface area contributed by atoms with E-state index in [2.05, 4.69) is 10.3 Å². The molecule has 1 fully saturated rings. The molecule has 5 nitrogen and oxygen atoms in total. The molecule has 1 saturated heterocycles. The summed E-state index contributed by atoms with van der Waals surface area (Å²) in [4.78, 5) is 4.44. The topological polar surface area (TPSA) is 56.5 Å². The molecular formula is C15H20N2O3. The average Bonchev–Trinajstić information content (AvgIpc) is 2.83. The molecule has 0 saturated carbocycles. The molecule has 0 spiro atoms. The number of fused-ring (bicyclic) bond motifs is 1. The molecule has 0 unspecified atom stereocenters. The maximum Gasteiger partial charge on any atom is 0.195 e. The van der Waals surface area contributed by atoms with E-state index in [4.69, 9.17) is 13.9 Å². The molecule has 1 N–H and O–H groups in total. The Morgan fingerprint density at radius 2 is 2.05 bits per heavy atom. The van der Waals surface area contributed by atoms with Gasteiger partial charge in [0.1, 0.15) is 5.52 Å². The van der Waals surface area contributed by atoms with Crippen molar-refractivity contribution < 1.29 is 13.9 Å². The predicted molar refractivity (Wildman–Crippen MR) is 76.8 cm³/mol. The van der Waals surface area contributed by atoms with Crippen LogP contribution in [-0.4, -0.2) is 30.0 Å². The van der Waals surface area contributed by atoms with Gasteiger partial charge in [0.05, 0.1) is 19.3 Å². The summed E-state index contributed by atoms with van der Waals surface area (Å²) in [6, 6.07) is 6.08. The van der Waals surface area contributed by atoms with Crippen LogP contribution in [0.4, 0.5) is 5.69 Å². The van der Waals surface area contributed by atoms with Crippen molar-refractivity contribution in [3.05, 3.63) is 24.1 Å². The van der Waals surface area contributed by atoms with Gasteiger partial charge < -0.3 is 19.2 Å². The van der Waals surface area contributed by atoms with Crippen LogP contribution in [0, 0.1) is 0 Å². The van der Waals surface area contributed by atoms with Gasteiger partial charge in [0.2, 0.25) is 0 Å². The van der Waals surface area contributed by atoms with Crippen LogP contribution in [0.15, 0.2) is 22.6 Å². The first-order valence-corrected chi connectivity index (χ1v) is 6.99. The van der Waals surface area contributed by atoms with E-state index in [-0.39, 0.29) is 6.04 Å². The molecule has 1 aromatic heterocycles. The number of nitrogens with one attached hydrogen (secondary N) is 1. The predicted octanol–water partition coefficient (Wildman–Crippen LogP) is 2.95. The standard InChI is InChI=1S/C15H20N2O3/c1-4-14-17-12-7-10(5-6-13(12)20-14)16-11-8-18-15(2,3)19-9-11/h5-7,11,16H,4,8-9H2,1-3H3. The van der Waals surface area contributed by atoms with Gasteiger partial charge in [-0.2, -0.15) is 0 Å². The summed E-state index contributed by atoms with van der Waals surface area (Å²) < 4.78 is 16.9. The van der Waals surface area contributed by atoms with Gasteiger partial charge in [-0.1, -0.05) is 6.92 Å². The third-order valence-corrected chi connectivity index (χ3v) is 3.37. The fraction of sp³-hybridized carbons (Fsp3) is 0.533. The fourth-order valence-electron chi connectivity index (χ4n) is 2.23. The molecule has 0 atom stereocenters. The van der Waals surface area contributed by atoms with Crippen LogP contribution in [0.5, 0.6) is 0 Å².